The molecule has 2 aromatic heterocycles. The van der Waals surface area contributed by atoms with Gasteiger partial charge in [0.25, 0.3) is 0 Å². The number of aliphatic hydroxyl groups is 1. The fraction of sp³-hybridized carbons (Fsp3) is 0.444. The second-order valence-corrected chi connectivity index (χ2v) is 10.0. The summed E-state index contributed by atoms with van der Waals surface area (Å²) in [5.74, 6) is -0.943. The Bertz CT molecular complexity index is 1340. The molecule has 1 saturated heterocycles. The van der Waals surface area contributed by atoms with Gasteiger partial charge in [0.05, 0.1) is 31.1 Å². The minimum atomic E-state index is -1.60. The lowest BCUT2D eigenvalue weighted by molar-refractivity contribution is -0.142. The van der Waals surface area contributed by atoms with Crippen molar-refractivity contribution in [2.75, 3.05) is 6.54 Å². The number of hydrogen-bond acceptors (Lipinski definition) is 7. The molecule has 3 heterocycles. The molecule has 2 unspecified atom stereocenters. The number of carbonyl (C=O) groups is 3. The number of hydrogen-bond donors (Lipinski definition) is 3. The third kappa shape index (κ3) is 4.78. The predicted octanol–water partition coefficient (Wildman–Crippen LogP) is 2.36. The van der Waals surface area contributed by atoms with Crippen molar-refractivity contribution in [2.24, 2.45) is 0 Å². The highest BCUT2D eigenvalue weighted by Gasteiger charge is 2.50. The van der Waals surface area contributed by atoms with Crippen LogP contribution in [0.3, 0.4) is 0 Å². The number of Topliss-reactive ketones (excluding diaryl/α,β-unsaturated/α-hetero) is 2. The third-order valence-corrected chi connectivity index (χ3v) is 7.61. The van der Waals surface area contributed by atoms with E-state index in [0.29, 0.717) is 29.4 Å². The van der Waals surface area contributed by atoms with Crippen LogP contribution in [0.25, 0.3) is 22.0 Å². The molecule has 10 heteroatoms. The molecule has 5 rings (SSSR count). The zero-order chi connectivity index (χ0) is 26.2. The topological polar surface area (TPSA) is 126 Å². The van der Waals surface area contributed by atoms with Crippen LogP contribution in [-0.4, -0.2) is 67.7 Å². The van der Waals surface area contributed by atoms with Gasteiger partial charge in [0.1, 0.15) is 11.7 Å². The van der Waals surface area contributed by atoms with Crippen LogP contribution in [0.2, 0.25) is 0 Å². The summed E-state index contributed by atoms with van der Waals surface area (Å²) in [7, 11) is 0. The van der Waals surface area contributed by atoms with E-state index in [1.807, 2.05) is 24.3 Å². The number of fused-ring (bicyclic) bond motifs is 1. The molecule has 1 aromatic carbocycles. The molecule has 37 heavy (non-hydrogen) atoms. The first kappa shape index (κ1) is 25.2. The minimum Gasteiger partial charge on any atom is -0.390 e. The maximum absolute atomic E-state index is 14.1. The van der Waals surface area contributed by atoms with Crippen molar-refractivity contribution < 1.29 is 23.9 Å². The van der Waals surface area contributed by atoms with Gasteiger partial charge in [-0.2, -0.15) is 10.2 Å². The van der Waals surface area contributed by atoms with Crippen LogP contribution in [0.1, 0.15) is 49.4 Å². The van der Waals surface area contributed by atoms with Crippen molar-refractivity contribution in [1.29, 1.82) is 0 Å². The first-order chi connectivity index (χ1) is 17.8. The Morgan fingerprint density at radius 1 is 1.22 bits per heavy atom. The Labute approximate surface area is 213 Å². The normalized spacial score (nSPS) is 25.8. The quantitative estimate of drug-likeness (QED) is 0.419. The summed E-state index contributed by atoms with van der Waals surface area (Å²) in [6.45, 7) is 1.98. The molecular formula is C27H30FN5O4. The number of aromatic nitrogens is 3. The standard InChI is InChI=1S/C27H30FN5O4/c1-16(34)21-14-33(23-5-4-17(11-20(21)23)18-7-10-30-31-13-18)15-25(36)27(8-6-19(28)12-24(27)35)32-26(37)22-3-2-9-29-22/h4-5,7,10-11,13-14,19,22,24,29,35H,2-3,6,8-9,12,15H2,1H3,(H,32,37)/t19?,22?,24-,27-/m0/s1. The summed E-state index contributed by atoms with van der Waals surface area (Å²) >= 11 is 0. The van der Waals surface area contributed by atoms with Crippen molar-refractivity contribution in [3.05, 3.63) is 48.4 Å². The van der Waals surface area contributed by atoms with E-state index >= 15 is 0 Å². The van der Waals surface area contributed by atoms with Gasteiger partial charge in [-0.25, -0.2) is 4.39 Å². The molecule has 9 nitrogen and oxygen atoms in total. The number of nitrogens with one attached hydrogen (secondary N) is 2. The molecule has 3 aromatic rings. The molecule has 2 aliphatic rings. The zero-order valence-electron chi connectivity index (χ0n) is 20.6. The molecule has 1 aliphatic carbocycles. The van der Waals surface area contributed by atoms with E-state index in [9.17, 15) is 23.9 Å². The summed E-state index contributed by atoms with van der Waals surface area (Å²) in [4.78, 5) is 39.3. The molecule has 194 valence electrons. The molecule has 3 N–H and O–H groups in total. The summed E-state index contributed by atoms with van der Waals surface area (Å²) in [6, 6.07) is 6.94. The van der Waals surface area contributed by atoms with Crippen molar-refractivity contribution in [3.8, 4) is 11.1 Å². The van der Waals surface area contributed by atoms with Gasteiger partial charge in [-0.3, -0.25) is 14.4 Å². The Morgan fingerprint density at radius 2 is 2.05 bits per heavy atom. The number of carbonyl (C=O) groups excluding carboxylic acids is 3. The molecule has 1 amide bonds. The second-order valence-electron chi connectivity index (χ2n) is 10.0. The van der Waals surface area contributed by atoms with Crippen molar-refractivity contribution in [3.63, 3.8) is 0 Å². The monoisotopic (exact) mass is 507 g/mol. The van der Waals surface area contributed by atoms with Gasteiger partial charge in [0.2, 0.25) is 5.91 Å². The summed E-state index contributed by atoms with van der Waals surface area (Å²) in [5, 5.41) is 25.2. The Balaban J connectivity index is 1.49. The lowest BCUT2D eigenvalue weighted by atomic mass is 9.75. The third-order valence-electron chi connectivity index (χ3n) is 7.61. The highest BCUT2D eigenvalue weighted by Crippen LogP contribution is 2.34. The average Bonchev–Trinajstić information content (AvgIpc) is 3.55. The molecular weight excluding hydrogens is 477 g/mol. The summed E-state index contributed by atoms with van der Waals surface area (Å²) < 4.78 is 15.8. The van der Waals surface area contributed by atoms with Gasteiger partial charge < -0.3 is 20.3 Å². The first-order valence-electron chi connectivity index (χ1n) is 12.6. The van der Waals surface area contributed by atoms with Gasteiger partial charge in [0, 0.05) is 34.6 Å². The van der Waals surface area contributed by atoms with Crippen LogP contribution in [-0.2, 0) is 16.1 Å². The van der Waals surface area contributed by atoms with Crippen LogP contribution >= 0.6 is 0 Å². The lowest BCUT2D eigenvalue weighted by Gasteiger charge is -2.42. The van der Waals surface area contributed by atoms with E-state index in [4.69, 9.17) is 0 Å². The smallest absolute Gasteiger partial charge is 0.238 e. The predicted molar refractivity (Wildman–Crippen MR) is 135 cm³/mol. The lowest BCUT2D eigenvalue weighted by Crippen LogP contribution is -2.66. The number of rotatable bonds is 7. The highest BCUT2D eigenvalue weighted by atomic mass is 19.1. The molecule has 1 aliphatic heterocycles. The van der Waals surface area contributed by atoms with Crippen molar-refractivity contribution >= 4 is 28.4 Å². The fourth-order valence-electron chi connectivity index (χ4n) is 5.51. The van der Waals surface area contributed by atoms with E-state index in [-0.39, 0.29) is 37.5 Å². The molecule has 1 saturated carbocycles. The van der Waals surface area contributed by atoms with E-state index in [2.05, 4.69) is 20.8 Å². The molecule has 0 spiro atoms. The van der Waals surface area contributed by atoms with Crippen LogP contribution in [0, 0.1) is 0 Å². The maximum atomic E-state index is 14.1. The molecule has 2 fully saturated rings. The SMILES string of the molecule is CC(=O)c1cn(CC(=O)[C@]2(NC(=O)C3CCCN3)CCC(F)C[C@@H]2O)c2ccc(-c3ccnnc3)cc12. The molecule has 0 bridgehead atoms. The summed E-state index contributed by atoms with van der Waals surface area (Å²) in [5.41, 5.74) is 1.20. The number of amides is 1. The Kier molecular flexibility index (Phi) is 6.87. The van der Waals surface area contributed by atoms with Crippen molar-refractivity contribution in [2.45, 2.75) is 69.4 Å². The van der Waals surface area contributed by atoms with Gasteiger partial charge in [-0.05, 0) is 62.9 Å². The van der Waals surface area contributed by atoms with Crippen molar-refractivity contribution in [1.82, 2.24) is 25.4 Å². The van der Waals surface area contributed by atoms with Gasteiger partial charge >= 0.3 is 0 Å². The molecule has 0 radical (unpaired) electrons. The minimum absolute atomic E-state index is 0.00455. The van der Waals surface area contributed by atoms with E-state index in [1.54, 1.807) is 23.2 Å². The number of benzene rings is 1. The number of nitrogens with zero attached hydrogens (tertiary/aromatic N) is 3. The van der Waals surface area contributed by atoms with Crippen LogP contribution < -0.4 is 10.6 Å². The second kappa shape index (κ2) is 10.1. The Morgan fingerprint density at radius 3 is 2.73 bits per heavy atom. The fourth-order valence-corrected chi connectivity index (χ4v) is 5.51. The number of halogens is 1. The number of alkyl halides is 1. The van der Waals surface area contributed by atoms with Crippen LogP contribution in [0.5, 0.6) is 0 Å². The van der Waals surface area contributed by atoms with Gasteiger partial charge in [-0.15, -0.1) is 0 Å². The van der Waals surface area contributed by atoms with Crippen LogP contribution in [0.4, 0.5) is 4.39 Å². The van der Waals surface area contributed by atoms with Crippen LogP contribution in [0.15, 0.2) is 42.9 Å². The Hall–Kier alpha value is -3.50. The van der Waals surface area contributed by atoms with E-state index in [1.165, 1.54) is 6.92 Å². The van der Waals surface area contributed by atoms with E-state index < -0.39 is 29.6 Å². The summed E-state index contributed by atoms with van der Waals surface area (Å²) in [6.07, 6.45) is 3.57. The highest BCUT2D eigenvalue weighted by molar-refractivity contribution is 6.08. The van der Waals surface area contributed by atoms with Gasteiger partial charge in [0.15, 0.2) is 11.6 Å². The zero-order valence-corrected chi connectivity index (χ0v) is 20.6. The van der Waals surface area contributed by atoms with Gasteiger partial charge in [-0.1, -0.05) is 6.07 Å². The maximum Gasteiger partial charge on any atom is 0.238 e. The number of aliphatic hydroxyl groups excluding tert-OH is 1. The molecule has 4 atom stereocenters. The number of ketones is 2. The first-order valence-corrected chi connectivity index (χ1v) is 12.6. The largest absolute Gasteiger partial charge is 0.390 e. The van der Waals surface area contributed by atoms with E-state index in [0.717, 1.165) is 17.5 Å². The average molecular weight is 508 g/mol.